The molecule has 0 radical (unpaired) electrons. The van der Waals surface area contributed by atoms with Crippen LogP contribution in [0.1, 0.15) is 13.8 Å². The molecule has 0 atom stereocenters. The Labute approximate surface area is 65.3 Å². The van der Waals surface area contributed by atoms with Crippen molar-refractivity contribution in [1.29, 1.82) is 0 Å². The number of hydrogen-bond donors (Lipinski definition) is 1. The lowest BCUT2D eigenvalue weighted by molar-refractivity contribution is -0.117. The molecule has 1 N–H and O–H groups in total. The van der Waals surface area contributed by atoms with Crippen LogP contribution in [0.2, 0.25) is 0 Å². The molecular formula is C6H12N2O3. The van der Waals surface area contributed by atoms with Crippen molar-refractivity contribution in [1.82, 2.24) is 10.4 Å². The molecular weight excluding hydrogens is 148 g/mol. The normalized spacial score (nSPS) is 9.45. The average molecular weight is 160 g/mol. The number of nitrogens with one attached hydrogen (secondary N) is 1. The van der Waals surface area contributed by atoms with Crippen molar-refractivity contribution in [3.63, 3.8) is 0 Å². The fourth-order valence-electron chi connectivity index (χ4n) is 0.642. The van der Waals surface area contributed by atoms with Gasteiger partial charge in [0.05, 0.1) is 13.2 Å². The average Bonchev–Trinajstić information content (AvgIpc) is 1.88. The number of rotatable bonds is 3. The van der Waals surface area contributed by atoms with E-state index in [4.69, 9.17) is 0 Å². The first-order valence-electron chi connectivity index (χ1n) is 3.21. The molecule has 0 fully saturated rings. The van der Waals surface area contributed by atoms with Gasteiger partial charge in [0.1, 0.15) is 0 Å². The van der Waals surface area contributed by atoms with Crippen LogP contribution >= 0.6 is 0 Å². The number of hydroxylamine groups is 2. The lowest BCUT2D eigenvalue weighted by Crippen LogP contribution is -2.42. The number of amides is 3. The molecule has 64 valence electrons. The summed E-state index contributed by atoms with van der Waals surface area (Å²) in [7, 11) is 1.37. The van der Waals surface area contributed by atoms with E-state index in [1.807, 2.05) is 5.32 Å². The predicted octanol–water partition coefficient (Wildman–Crippen LogP) is 0.124. The summed E-state index contributed by atoms with van der Waals surface area (Å²) in [5.74, 6) is 0. The zero-order valence-electron chi connectivity index (χ0n) is 6.83. The van der Waals surface area contributed by atoms with Crippen LogP contribution in [0.5, 0.6) is 0 Å². The zero-order valence-corrected chi connectivity index (χ0v) is 6.83. The number of imide groups is 1. The molecule has 0 aliphatic carbocycles. The molecule has 0 aromatic heterocycles. The van der Waals surface area contributed by atoms with E-state index in [0.29, 0.717) is 6.41 Å². The molecule has 0 spiro atoms. The van der Waals surface area contributed by atoms with Gasteiger partial charge in [0.2, 0.25) is 6.41 Å². The SMILES string of the molecule is CON(C(=O)NC=O)C(C)C. The molecule has 3 amide bonds. The Balaban J connectivity index is 4.02. The van der Waals surface area contributed by atoms with Crippen molar-refractivity contribution in [3.05, 3.63) is 0 Å². The highest BCUT2D eigenvalue weighted by atomic mass is 16.7. The molecule has 11 heavy (non-hydrogen) atoms. The summed E-state index contributed by atoms with van der Waals surface area (Å²) in [6.07, 6.45) is 0.316. The van der Waals surface area contributed by atoms with Gasteiger partial charge in [-0.1, -0.05) is 0 Å². The smallest absolute Gasteiger partial charge is 0.279 e. The van der Waals surface area contributed by atoms with Crippen LogP contribution in [0.3, 0.4) is 0 Å². The Kier molecular flexibility index (Phi) is 4.21. The largest absolute Gasteiger partial charge is 0.347 e. The summed E-state index contributed by atoms with van der Waals surface area (Å²) in [5, 5.41) is 3.02. The van der Waals surface area contributed by atoms with E-state index in [2.05, 4.69) is 4.84 Å². The fourth-order valence-corrected chi connectivity index (χ4v) is 0.642. The van der Waals surface area contributed by atoms with Crippen molar-refractivity contribution < 1.29 is 14.4 Å². The lowest BCUT2D eigenvalue weighted by Gasteiger charge is -2.22. The van der Waals surface area contributed by atoms with Gasteiger partial charge in [-0.15, -0.1) is 0 Å². The van der Waals surface area contributed by atoms with E-state index in [1.54, 1.807) is 13.8 Å². The van der Waals surface area contributed by atoms with Crippen LogP contribution in [0, 0.1) is 0 Å². The third kappa shape index (κ3) is 2.99. The highest BCUT2D eigenvalue weighted by molar-refractivity contribution is 5.83. The van der Waals surface area contributed by atoms with E-state index in [1.165, 1.54) is 7.11 Å². The Morgan fingerprint density at radius 3 is 2.45 bits per heavy atom. The highest BCUT2D eigenvalue weighted by Crippen LogP contribution is 1.96. The highest BCUT2D eigenvalue weighted by Gasteiger charge is 2.14. The number of carbonyl (C=O) groups excluding carboxylic acids is 2. The van der Waals surface area contributed by atoms with Crippen molar-refractivity contribution in [2.24, 2.45) is 0 Å². The molecule has 0 aliphatic rings. The van der Waals surface area contributed by atoms with Gasteiger partial charge in [0.25, 0.3) is 0 Å². The summed E-state index contributed by atoms with van der Waals surface area (Å²) in [4.78, 5) is 25.4. The maximum absolute atomic E-state index is 10.9. The minimum atomic E-state index is -0.558. The van der Waals surface area contributed by atoms with Gasteiger partial charge in [0.15, 0.2) is 0 Å². The van der Waals surface area contributed by atoms with E-state index in [-0.39, 0.29) is 6.04 Å². The Morgan fingerprint density at radius 2 is 2.18 bits per heavy atom. The van der Waals surface area contributed by atoms with Crippen molar-refractivity contribution in [2.45, 2.75) is 19.9 Å². The quantitative estimate of drug-likeness (QED) is 0.471. The van der Waals surface area contributed by atoms with Crippen LogP contribution in [0.25, 0.3) is 0 Å². The molecule has 0 aliphatic heterocycles. The van der Waals surface area contributed by atoms with Crippen LogP contribution in [0.15, 0.2) is 0 Å². The molecule has 0 rings (SSSR count). The fraction of sp³-hybridized carbons (Fsp3) is 0.667. The van der Waals surface area contributed by atoms with Crippen molar-refractivity contribution in [3.8, 4) is 0 Å². The minimum Gasteiger partial charge on any atom is -0.279 e. The third-order valence-electron chi connectivity index (χ3n) is 1.05. The first kappa shape index (κ1) is 9.90. The maximum atomic E-state index is 10.9. The second-order valence-corrected chi connectivity index (χ2v) is 2.17. The number of nitrogens with zero attached hydrogens (tertiary/aromatic N) is 1. The Morgan fingerprint density at radius 1 is 1.64 bits per heavy atom. The molecule has 5 heteroatoms. The first-order valence-corrected chi connectivity index (χ1v) is 3.21. The monoisotopic (exact) mass is 160 g/mol. The van der Waals surface area contributed by atoms with Crippen LogP contribution < -0.4 is 5.32 Å². The molecule has 0 saturated heterocycles. The molecule has 0 aromatic carbocycles. The van der Waals surface area contributed by atoms with Gasteiger partial charge in [-0.2, -0.15) is 0 Å². The van der Waals surface area contributed by atoms with Gasteiger partial charge in [0, 0.05) is 0 Å². The second-order valence-electron chi connectivity index (χ2n) is 2.17. The molecule has 0 unspecified atom stereocenters. The van der Waals surface area contributed by atoms with Crippen LogP contribution in [-0.2, 0) is 9.63 Å². The number of hydrogen-bond acceptors (Lipinski definition) is 3. The van der Waals surface area contributed by atoms with Gasteiger partial charge in [-0.05, 0) is 13.8 Å². The summed E-state index contributed by atoms with van der Waals surface area (Å²) in [6, 6.07) is -0.655. The minimum absolute atomic E-state index is 0.0973. The maximum Gasteiger partial charge on any atom is 0.347 e. The first-order chi connectivity index (χ1) is 5.13. The number of urea groups is 1. The van der Waals surface area contributed by atoms with Gasteiger partial charge < -0.3 is 0 Å². The van der Waals surface area contributed by atoms with Gasteiger partial charge in [-0.25, -0.2) is 9.86 Å². The summed E-state index contributed by atoms with van der Waals surface area (Å²) in [5.41, 5.74) is 0. The van der Waals surface area contributed by atoms with E-state index in [0.717, 1.165) is 5.06 Å². The van der Waals surface area contributed by atoms with Crippen LogP contribution in [0.4, 0.5) is 4.79 Å². The standard InChI is InChI=1S/C6H12N2O3/c1-5(2)8(11-3)6(10)7-4-9/h4-5H,1-3H3,(H,7,9,10). The number of carbonyl (C=O) groups is 2. The van der Waals surface area contributed by atoms with E-state index >= 15 is 0 Å². The lowest BCUT2D eigenvalue weighted by atomic mass is 10.4. The second kappa shape index (κ2) is 4.68. The van der Waals surface area contributed by atoms with Crippen LogP contribution in [-0.4, -0.2) is 30.7 Å². The molecule has 0 heterocycles. The van der Waals surface area contributed by atoms with E-state index < -0.39 is 6.03 Å². The topological polar surface area (TPSA) is 58.6 Å². The molecule has 0 aromatic rings. The zero-order chi connectivity index (χ0) is 8.85. The Bertz CT molecular complexity index is 147. The Hall–Kier alpha value is -1.10. The van der Waals surface area contributed by atoms with E-state index in [9.17, 15) is 9.59 Å². The molecule has 0 saturated carbocycles. The summed E-state index contributed by atoms with van der Waals surface area (Å²) in [6.45, 7) is 3.54. The third-order valence-corrected chi connectivity index (χ3v) is 1.05. The van der Waals surface area contributed by atoms with Crippen molar-refractivity contribution >= 4 is 12.4 Å². The molecule has 5 nitrogen and oxygen atoms in total. The van der Waals surface area contributed by atoms with Gasteiger partial charge in [-0.3, -0.25) is 14.9 Å². The summed E-state index contributed by atoms with van der Waals surface area (Å²) < 4.78 is 0. The predicted molar refractivity (Wildman–Crippen MR) is 38.6 cm³/mol. The summed E-state index contributed by atoms with van der Waals surface area (Å²) >= 11 is 0. The molecule has 0 bridgehead atoms. The van der Waals surface area contributed by atoms with Crippen molar-refractivity contribution in [2.75, 3.05) is 7.11 Å². The van der Waals surface area contributed by atoms with Gasteiger partial charge >= 0.3 is 6.03 Å².